The van der Waals surface area contributed by atoms with E-state index in [-0.39, 0.29) is 5.91 Å². The monoisotopic (exact) mass is 223 g/mol. The fourth-order valence-electron chi connectivity index (χ4n) is 1.55. The molecule has 0 atom stereocenters. The van der Waals surface area contributed by atoms with Gasteiger partial charge < -0.3 is 15.2 Å². The van der Waals surface area contributed by atoms with Crippen LogP contribution in [0, 0.1) is 6.92 Å². The summed E-state index contributed by atoms with van der Waals surface area (Å²) in [5.41, 5.74) is 2.35. The number of hydrogen-bond donors (Lipinski definition) is 2. The molecule has 0 aliphatic heterocycles. The van der Waals surface area contributed by atoms with E-state index in [4.69, 9.17) is 0 Å². The molecule has 90 valence electrons. The highest BCUT2D eigenvalue weighted by Gasteiger charge is 2.03. The molecule has 1 heterocycles. The van der Waals surface area contributed by atoms with Crippen molar-refractivity contribution in [2.45, 2.75) is 26.3 Å². The van der Waals surface area contributed by atoms with Crippen LogP contribution >= 0.6 is 0 Å². The predicted octanol–water partition coefficient (Wildman–Crippen LogP) is 0.949. The highest BCUT2D eigenvalue weighted by atomic mass is 16.1. The predicted molar refractivity (Wildman–Crippen MR) is 65.2 cm³/mol. The third-order valence-electron chi connectivity index (χ3n) is 2.77. The summed E-state index contributed by atoms with van der Waals surface area (Å²) in [7, 11) is 3.91. The Kier molecular flexibility index (Phi) is 5.05. The largest absolute Gasteiger partial charge is 0.351 e. The van der Waals surface area contributed by atoms with Crippen LogP contribution in [0.2, 0.25) is 0 Å². The lowest BCUT2D eigenvalue weighted by Crippen LogP contribution is -2.24. The van der Waals surface area contributed by atoms with E-state index >= 15 is 0 Å². The van der Waals surface area contributed by atoms with Gasteiger partial charge in [-0.05, 0) is 39.1 Å². The lowest BCUT2D eigenvalue weighted by Gasteiger charge is -2.07. The zero-order valence-electron chi connectivity index (χ0n) is 10.3. The maximum atomic E-state index is 11.5. The van der Waals surface area contributed by atoms with Gasteiger partial charge in [-0.15, -0.1) is 0 Å². The minimum Gasteiger partial charge on any atom is -0.351 e. The van der Waals surface area contributed by atoms with Gasteiger partial charge in [0.2, 0.25) is 5.91 Å². The molecule has 16 heavy (non-hydrogen) atoms. The van der Waals surface area contributed by atoms with Crippen molar-refractivity contribution in [3.8, 4) is 0 Å². The maximum absolute atomic E-state index is 11.5. The van der Waals surface area contributed by atoms with Gasteiger partial charge in [0.05, 0.1) is 6.54 Å². The summed E-state index contributed by atoms with van der Waals surface area (Å²) in [6, 6.07) is 4.10. The van der Waals surface area contributed by atoms with E-state index in [0.29, 0.717) is 13.0 Å². The molecule has 4 nitrogen and oxygen atoms in total. The van der Waals surface area contributed by atoms with Crippen molar-refractivity contribution in [2.24, 2.45) is 7.05 Å². The molecular formula is C12H21N3O. The fraction of sp³-hybridized carbons (Fsp3) is 0.583. The molecule has 0 aromatic carbocycles. The highest BCUT2D eigenvalue weighted by molar-refractivity contribution is 5.75. The van der Waals surface area contributed by atoms with Crippen LogP contribution < -0.4 is 10.6 Å². The number of hydrogen-bond acceptors (Lipinski definition) is 2. The quantitative estimate of drug-likeness (QED) is 0.705. The average molecular weight is 223 g/mol. The Hall–Kier alpha value is -1.29. The van der Waals surface area contributed by atoms with Crippen molar-refractivity contribution in [1.29, 1.82) is 0 Å². The molecule has 0 unspecified atom stereocenters. The van der Waals surface area contributed by atoms with E-state index in [2.05, 4.69) is 28.2 Å². The Morgan fingerprint density at radius 2 is 2.19 bits per heavy atom. The molecule has 1 amide bonds. The Balaban J connectivity index is 2.29. The molecule has 0 fully saturated rings. The van der Waals surface area contributed by atoms with Crippen LogP contribution in [0.25, 0.3) is 0 Å². The Labute approximate surface area is 97.0 Å². The van der Waals surface area contributed by atoms with E-state index in [9.17, 15) is 4.79 Å². The minimum absolute atomic E-state index is 0.120. The van der Waals surface area contributed by atoms with E-state index in [1.165, 1.54) is 5.69 Å². The van der Waals surface area contributed by atoms with Crippen LogP contribution in [0.5, 0.6) is 0 Å². The molecule has 4 heteroatoms. The molecule has 0 aliphatic rings. The van der Waals surface area contributed by atoms with Crippen LogP contribution in [-0.4, -0.2) is 24.1 Å². The number of carbonyl (C=O) groups is 1. The second kappa shape index (κ2) is 6.33. The van der Waals surface area contributed by atoms with Crippen molar-refractivity contribution >= 4 is 5.91 Å². The van der Waals surface area contributed by atoms with E-state index in [1.807, 2.05) is 20.2 Å². The van der Waals surface area contributed by atoms with E-state index < -0.39 is 0 Å². The van der Waals surface area contributed by atoms with Gasteiger partial charge in [0.25, 0.3) is 0 Å². The number of rotatable bonds is 6. The van der Waals surface area contributed by atoms with Crippen molar-refractivity contribution in [1.82, 2.24) is 15.2 Å². The number of aryl methyl sites for hydroxylation is 1. The van der Waals surface area contributed by atoms with Gasteiger partial charge in [0.1, 0.15) is 0 Å². The van der Waals surface area contributed by atoms with E-state index in [0.717, 1.165) is 18.7 Å². The molecule has 0 radical (unpaired) electrons. The number of nitrogens with one attached hydrogen (secondary N) is 2. The Morgan fingerprint density at radius 1 is 1.44 bits per heavy atom. The van der Waals surface area contributed by atoms with Gasteiger partial charge in [0.15, 0.2) is 0 Å². The fourth-order valence-corrected chi connectivity index (χ4v) is 1.55. The SMILES string of the molecule is CNCCCC(=O)NCc1ccc(C)n1C. The molecule has 0 aliphatic carbocycles. The van der Waals surface area contributed by atoms with Crippen LogP contribution in [-0.2, 0) is 18.4 Å². The summed E-state index contributed by atoms with van der Waals surface area (Å²) in [5, 5.41) is 5.95. The summed E-state index contributed by atoms with van der Waals surface area (Å²) < 4.78 is 2.09. The summed E-state index contributed by atoms with van der Waals surface area (Å²) in [6.45, 7) is 3.55. The number of aromatic nitrogens is 1. The van der Waals surface area contributed by atoms with Gasteiger partial charge in [-0.3, -0.25) is 4.79 Å². The summed E-state index contributed by atoms with van der Waals surface area (Å²) >= 11 is 0. The van der Waals surface area contributed by atoms with Crippen LogP contribution in [0.3, 0.4) is 0 Å². The van der Waals surface area contributed by atoms with Crippen molar-refractivity contribution in [3.05, 3.63) is 23.5 Å². The zero-order chi connectivity index (χ0) is 12.0. The third-order valence-corrected chi connectivity index (χ3v) is 2.77. The molecule has 1 rings (SSSR count). The van der Waals surface area contributed by atoms with Crippen molar-refractivity contribution in [3.63, 3.8) is 0 Å². The third kappa shape index (κ3) is 3.70. The topological polar surface area (TPSA) is 46.1 Å². The lowest BCUT2D eigenvalue weighted by atomic mass is 10.3. The standard InChI is InChI=1S/C12H21N3O/c1-10-6-7-11(15(10)3)9-14-12(16)5-4-8-13-2/h6-7,13H,4-5,8-9H2,1-3H3,(H,14,16). The highest BCUT2D eigenvalue weighted by Crippen LogP contribution is 2.05. The van der Waals surface area contributed by atoms with Gasteiger partial charge in [-0.25, -0.2) is 0 Å². The first-order chi connectivity index (χ1) is 7.65. The maximum Gasteiger partial charge on any atom is 0.220 e. The summed E-state index contributed by atoms with van der Waals surface area (Å²) in [6.07, 6.45) is 1.47. The van der Waals surface area contributed by atoms with Crippen LogP contribution in [0.1, 0.15) is 24.2 Å². The second-order valence-corrected chi connectivity index (χ2v) is 4.01. The second-order valence-electron chi connectivity index (χ2n) is 4.01. The van der Waals surface area contributed by atoms with Gasteiger partial charge in [-0.2, -0.15) is 0 Å². The zero-order valence-corrected chi connectivity index (χ0v) is 10.3. The average Bonchev–Trinajstić information content (AvgIpc) is 2.58. The minimum atomic E-state index is 0.120. The Bertz CT molecular complexity index is 344. The molecule has 0 saturated carbocycles. The molecule has 1 aromatic heterocycles. The van der Waals surface area contributed by atoms with Crippen LogP contribution in [0.4, 0.5) is 0 Å². The van der Waals surface area contributed by atoms with Gasteiger partial charge >= 0.3 is 0 Å². The van der Waals surface area contributed by atoms with Crippen LogP contribution in [0.15, 0.2) is 12.1 Å². The molecule has 1 aromatic rings. The summed E-state index contributed by atoms with van der Waals surface area (Å²) in [4.78, 5) is 11.5. The van der Waals surface area contributed by atoms with E-state index in [1.54, 1.807) is 0 Å². The number of nitrogens with zero attached hydrogens (tertiary/aromatic N) is 1. The first-order valence-electron chi connectivity index (χ1n) is 5.67. The molecular weight excluding hydrogens is 202 g/mol. The first kappa shape index (κ1) is 12.8. The Morgan fingerprint density at radius 3 is 2.75 bits per heavy atom. The lowest BCUT2D eigenvalue weighted by molar-refractivity contribution is -0.121. The smallest absolute Gasteiger partial charge is 0.220 e. The normalized spacial score (nSPS) is 10.4. The van der Waals surface area contributed by atoms with Gasteiger partial charge in [-0.1, -0.05) is 0 Å². The molecule has 0 bridgehead atoms. The molecule has 0 saturated heterocycles. The van der Waals surface area contributed by atoms with Crippen molar-refractivity contribution in [2.75, 3.05) is 13.6 Å². The first-order valence-corrected chi connectivity index (χ1v) is 5.67. The van der Waals surface area contributed by atoms with Crippen molar-refractivity contribution < 1.29 is 4.79 Å². The molecule has 0 spiro atoms. The number of amides is 1. The summed E-state index contributed by atoms with van der Waals surface area (Å²) in [5.74, 6) is 0.120. The number of carbonyl (C=O) groups excluding carboxylic acids is 1. The molecule has 2 N–H and O–H groups in total. The van der Waals surface area contributed by atoms with Gasteiger partial charge in [0, 0.05) is 24.9 Å².